The van der Waals surface area contributed by atoms with Gasteiger partial charge in [-0.1, -0.05) is 6.07 Å². The van der Waals surface area contributed by atoms with Crippen LogP contribution in [0.5, 0.6) is 5.88 Å². The molecule has 2 nitrogen and oxygen atoms in total. The summed E-state index contributed by atoms with van der Waals surface area (Å²) < 4.78 is 18.4. The number of pyridine rings is 1. The Kier molecular flexibility index (Phi) is 4.34. The van der Waals surface area contributed by atoms with Gasteiger partial charge in [-0.2, -0.15) is 0 Å². The van der Waals surface area contributed by atoms with E-state index in [1.807, 2.05) is 11.4 Å². The molecule has 17 heavy (non-hydrogen) atoms. The van der Waals surface area contributed by atoms with Crippen LogP contribution in [0.25, 0.3) is 0 Å². The van der Waals surface area contributed by atoms with Crippen LogP contribution in [0.2, 0.25) is 0 Å². The lowest BCUT2D eigenvalue weighted by atomic mass is 10.3. The lowest BCUT2D eigenvalue weighted by Gasteiger charge is -2.07. The Morgan fingerprint density at radius 2 is 2.35 bits per heavy atom. The first-order valence-corrected chi connectivity index (χ1v) is 6.56. The van der Waals surface area contributed by atoms with Crippen molar-refractivity contribution < 1.29 is 9.13 Å². The van der Waals surface area contributed by atoms with Gasteiger partial charge in [-0.25, -0.2) is 9.37 Å². The van der Waals surface area contributed by atoms with E-state index in [1.165, 1.54) is 10.9 Å². The molecule has 0 aliphatic heterocycles. The van der Waals surface area contributed by atoms with Crippen molar-refractivity contribution in [3.05, 3.63) is 46.0 Å². The minimum atomic E-state index is -0.397. The maximum absolute atomic E-state index is 12.9. The van der Waals surface area contributed by atoms with Crippen molar-refractivity contribution in [2.45, 2.75) is 12.3 Å². The molecule has 0 aliphatic rings. The number of hydrogen-bond donors (Lipinski definition) is 0. The van der Waals surface area contributed by atoms with Gasteiger partial charge in [0.2, 0.25) is 5.88 Å². The van der Waals surface area contributed by atoms with Crippen LogP contribution in [0.1, 0.15) is 10.4 Å². The van der Waals surface area contributed by atoms with Crippen molar-refractivity contribution in [2.24, 2.45) is 0 Å². The number of aromatic nitrogens is 1. The van der Waals surface area contributed by atoms with Crippen LogP contribution in [0, 0.1) is 5.82 Å². The Bertz CT molecular complexity index is 475. The fourth-order valence-electron chi connectivity index (χ4n) is 1.40. The molecule has 0 fully saturated rings. The zero-order valence-corrected chi connectivity index (χ0v) is 10.6. The van der Waals surface area contributed by atoms with Crippen LogP contribution in [-0.2, 0) is 12.3 Å². The Hall–Kier alpha value is -1.13. The largest absolute Gasteiger partial charge is 0.477 e. The second-order valence-corrected chi connectivity index (χ2v) is 4.73. The Balaban J connectivity index is 1.94. The van der Waals surface area contributed by atoms with E-state index in [2.05, 4.69) is 11.1 Å². The Morgan fingerprint density at radius 1 is 1.47 bits per heavy atom. The van der Waals surface area contributed by atoms with Crippen LogP contribution in [0.4, 0.5) is 4.39 Å². The predicted molar refractivity (Wildman–Crippen MR) is 67.3 cm³/mol. The molecule has 0 atom stereocenters. The second kappa shape index (κ2) is 5.98. The highest BCUT2D eigenvalue weighted by Gasteiger charge is 2.06. The smallest absolute Gasteiger partial charge is 0.217 e. The molecule has 2 rings (SSSR count). The van der Waals surface area contributed by atoms with Crippen LogP contribution in [0.15, 0.2) is 29.8 Å². The Labute approximate surface area is 108 Å². The first-order valence-electron chi connectivity index (χ1n) is 5.15. The highest BCUT2D eigenvalue weighted by molar-refractivity contribution is 7.09. The van der Waals surface area contributed by atoms with Gasteiger partial charge in [-0.15, -0.1) is 22.9 Å². The molecule has 0 unspecified atom stereocenters. The summed E-state index contributed by atoms with van der Waals surface area (Å²) >= 11 is 7.38. The van der Waals surface area contributed by atoms with Crippen LogP contribution < -0.4 is 4.74 Å². The van der Waals surface area contributed by atoms with E-state index < -0.39 is 5.82 Å². The molecule has 0 saturated heterocycles. The highest BCUT2D eigenvalue weighted by Crippen LogP contribution is 2.19. The first kappa shape index (κ1) is 12.3. The molecule has 0 bridgehead atoms. The lowest BCUT2D eigenvalue weighted by molar-refractivity contribution is 0.307. The number of nitrogens with zero attached hydrogens (tertiary/aromatic N) is 1. The Morgan fingerprint density at radius 3 is 3.06 bits per heavy atom. The highest BCUT2D eigenvalue weighted by atomic mass is 35.5. The average Bonchev–Trinajstić information content (AvgIpc) is 2.84. The molecule has 2 heterocycles. The summed E-state index contributed by atoms with van der Waals surface area (Å²) in [5.41, 5.74) is 0.581. The van der Waals surface area contributed by atoms with E-state index in [0.717, 1.165) is 12.6 Å². The van der Waals surface area contributed by atoms with Gasteiger partial charge in [0.05, 0.1) is 18.7 Å². The fraction of sp³-hybridized carbons (Fsp3) is 0.250. The van der Waals surface area contributed by atoms with Crippen LogP contribution in [-0.4, -0.2) is 11.6 Å². The standard InChI is InChI=1S/C12H11ClFNOS/c13-7-9-6-10(14)8-15-12(9)16-4-3-11-2-1-5-17-11/h1-2,5-6,8H,3-4,7H2. The van der Waals surface area contributed by atoms with Gasteiger partial charge in [0, 0.05) is 16.9 Å². The van der Waals surface area contributed by atoms with Gasteiger partial charge in [-0.3, -0.25) is 0 Å². The molecular weight excluding hydrogens is 261 g/mol. The summed E-state index contributed by atoms with van der Waals surface area (Å²) in [7, 11) is 0. The van der Waals surface area contributed by atoms with Crippen molar-refractivity contribution in [1.29, 1.82) is 0 Å². The van der Waals surface area contributed by atoms with E-state index in [9.17, 15) is 4.39 Å². The maximum atomic E-state index is 12.9. The van der Waals surface area contributed by atoms with E-state index >= 15 is 0 Å². The van der Waals surface area contributed by atoms with Crippen molar-refractivity contribution >= 4 is 22.9 Å². The third-order valence-electron chi connectivity index (χ3n) is 2.20. The van der Waals surface area contributed by atoms with Gasteiger partial charge >= 0.3 is 0 Å². The van der Waals surface area contributed by atoms with Gasteiger partial charge in [0.15, 0.2) is 0 Å². The normalized spacial score (nSPS) is 10.5. The molecule has 0 spiro atoms. The molecule has 2 aromatic heterocycles. The number of hydrogen-bond acceptors (Lipinski definition) is 3. The molecule has 2 aromatic rings. The average molecular weight is 272 g/mol. The molecule has 5 heteroatoms. The van der Waals surface area contributed by atoms with Gasteiger partial charge in [0.25, 0.3) is 0 Å². The van der Waals surface area contributed by atoms with Crippen molar-refractivity contribution in [2.75, 3.05) is 6.61 Å². The minimum Gasteiger partial charge on any atom is -0.477 e. The maximum Gasteiger partial charge on any atom is 0.217 e. The molecule has 0 aromatic carbocycles. The topological polar surface area (TPSA) is 22.1 Å². The van der Waals surface area contributed by atoms with Crippen LogP contribution >= 0.6 is 22.9 Å². The summed E-state index contributed by atoms with van der Waals surface area (Å²) in [6, 6.07) is 5.40. The molecule has 0 amide bonds. The molecule has 0 saturated carbocycles. The fourth-order valence-corrected chi connectivity index (χ4v) is 2.28. The molecule has 90 valence electrons. The number of ether oxygens (including phenoxy) is 1. The van der Waals surface area contributed by atoms with E-state index in [1.54, 1.807) is 11.3 Å². The lowest BCUT2D eigenvalue weighted by Crippen LogP contribution is -2.04. The molecular formula is C12H11ClFNOS. The second-order valence-electron chi connectivity index (χ2n) is 3.43. The predicted octanol–water partition coefficient (Wildman–Crippen LogP) is 3.64. The molecule has 0 aliphatic carbocycles. The van der Waals surface area contributed by atoms with Gasteiger partial charge in [-0.05, 0) is 17.5 Å². The zero-order valence-electron chi connectivity index (χ0n) is 9.03. The first-order chi connectivity index (χ1) is 8.29. The number of alkyl halides is 1. The van der Waals surface area contributed by atoms with E-state index in [-0.39, 0.29) is 5.88 Å². The summed E-state index contributed by atoms with van der Waals surface area (Å²) in [5.74, 6) is 0.211. The molecule has 0 radical (unpaired) electrons. The summed E-state index contributed by atoms with van der Waals surface area (Å²) in [6.07, 6.45) is 1.95. The summed E-state index contributed by atoms with van der Waals surface area (Å²) in [4.78, 5) is 5.14. The quantitative estimate of drug-likeness (QED) is 0.775. The SMILES string of the molecule is Fc1cnc(OCCc2cccs2)c(CCl)c1. The third kappa shape index (κ3) is 3.41. The summed E-state index contributed by atoms with van der Waals surface area (Å²) in [5, 5.41) is 2.02. The summed E-state index contributed by atoms with van der Waals surface area (Å²) in [6.45, 7) is 0.517. The van der Waals surface area contributed by atoms with Crippen LogP contribution in [0.3, 0.4) is 0 Å². The van der Waals surface area contributed by atoms with E-state index in [4.69, 9.17) is 16.3 Å². The minimum absolute atomic E-state index is 0.194. The van der Waals surface area contributed by atoms with Crippen molar-refractivity contribution in [3.8, 4) is 5.88 Å². The number of halogens is 2. The van der Waals surface area contributed by atoms with Gasteiger partial charge in [0.1, 0.15) is 5.82 Å². The van der Waals surface area contributed by atoms with E-state index in [0.29, 0.717) is 18.1 Å². The van der Waals surface area contributed by atoms with Gasteiger partial charge < -0.3 is 4.74 Å². The van der Waals surface area contributed by atoms with Crippen molar-refractivity contribution in [1.82, 2.24) is 4.98 Å². The third-order valence-corrected chi connectivity index (χ3v) is 3.43. The molecule has 0 N–H and O–H groups in total. The monoisotopic (exact) mass is 271 g/mol. The number of rotatable bonds is 5. The number of thiophene rings is 1. The van der Waals surface area contributed by atoms with Crippen molar-refractivity contribution in [3.63, 3.8) is 0 Å². The zero-order chi connectivity index (χ0) is 12.1.